The number of methoxy groups -OCH3 is 1. The molecule has 2 heteroatoms. The van der Waals surface area contributed by atoms with Crippen LogP contribution in [0.25, 0.3) is 0 Å². The molecule has 0 aliphatic rings. The Labute approximate surface area is 69.4 Å². The van der Waals surface area contributed by atoms with Gasteiger partial charge in [0.2, 0.25) is 0 Å². The number of rotatable bonds is 5. The molecule has 2 nitrogen and oxygen atoms in total. The molecule has 66 valence electrons. The van der Waals surface area contributed by atoms with E-state index in [0.717, 1.165) is 13.0 Å². The summed E-state index contributed by atoms with van der Waals surface area (Å²) < 4.78 is 4.92. The van der Waals surface area contributed by atoms with Crippen LogP contribution >= 0.6 is 0 Å². The molecule has 0 aromatic carbocycles. The summed E-state index contributed by atoms with van der Waals surface area (Å²) in [5.41, 5.74) is 6.84. The minimum absolute atomic E-state index is 0.500. The van der Waals surface area contributed by atoms with Crippen LogP contribution in [0.4, 0.5) is 0 Å². The number of hydrogen-bond acceptors (Lipinski definition) is 2. The maximum atomic E-state index is 5.59. The molecule has 0 radical (unpaired) electrons. The molecule has 0 saturated heterocycles. The molecule has 0 aromatic heterocycles. The predicted octanol–water partition coefficient (Wildman–Crippen LogP) is 1.91. The molecule has 0 fully saturated rings. The zero-order valence-corrected chi connectivity index (χ0v) is 7.76. The molecule has 0 aliphatic heterocycles. The summed E-state index contributed by atoms with van der Waals surface area (Å²) in [7, 11) is 1.67. The highest BCUT2D eigenvalue weighted by Gasteiger charge is 2.06. The smallest absolute Gasteiger partial charge is 0.0817 e. The SMILES string of the molecule is CCCC(CN)/C(C)=C/OC. The second-order valence-corrected chi connectivity index (χ2v) is 2.82. The second-order valence-electron chi connectivity index (χ2n) is 2.82. The van der Waals surface area contributed by atoms with Crippen molar-refractivity contribution in [1.82, 2.24) is 0 Å². The lowest BCUT2D eigenvalue weighted by Crippen LogP contribution is -2.15. The zero-order valence-electron chi connectivity index (χ0n) is 7.76. The lowest BCUT2D eigenvalue weighted by atomic mass is 9.97. The molecule has 0 heterocycles. The first-order chi connectivity index (χ1) is 5.26. The van der Waals surface area contributed by atoms with Crippen LogP contribution in [-0.2, 0) is 4.74 Å². The normalized spacial score (nSPS) is 14.7. The van der Waals surface area contributed by atoms with Crippen LogP contribution in [-0.4, -0.2) is 13.7 Å². The van der Waals surface area contributed by atoms with E-state index in [1.54, 1.807) is 13.4 Å². The number of hydrogen-bond donors (Lipinski definition) is 1. The van der Waals surface area contributed by atoms with Crippen LogP contribution in [0, 0.1) is 5.92 Å². The first kappa shape index (κ1) is 10.5. The molecule has 0 amide bonds. The number of nitrogens with two attached hydrogens (primary N) is 1. The van der Waals surface area contributed by atoms with Gasteiger partial charge in [-0.15, -0.1) is 0 Å². The summed E-state index contributed by atoms with van der Waals surface area (Å²) in [5.74, 6) is 0.500. The first-order valence-corrected chi connectivity index (χ1v) is 4.15. The Bertz CT molecular complexity index is 121. The zero-order chi connectivity index (χ0) is 8.69. The fourth-order valence-electron chi connectivity index (χ4n) is 1.16. The standard InChI is InChI=1S/C9H19NO/c1-4-5-9(6-10)8(2)7-11-3/h7,9H,4-6,10H2,1-3H3/b8-7+. The fourth-order valence-corrected chi connectivity index (χ4v) is 1.16. The first-order valence-electron chi connectivity index (χ1n) is 4.15. The minimum Gasteiger partial charge on any atom is -0.504 e. The van der Waals surface area contributed by atoms with Crippen LogP contribution in [0.15, 0.2) is 11.8 Å². The van der Waals surface area contributed by atoms with Gasteiger partial charge in [-0.2, -0.15) is 0 Å². The Hall–Kier alpha value is -0.500. The minimum atomic E-state index is 0.500. The fraction of sp³-hybridized carbons (Fsp3) is 0.778. The van der Waals surface area contributed by atoms with Crippen LogP contribution in [0.5, 0.6) is 0 Å². The molecule has 0 rings (SSSR count). The van der Waals surface area contributed by atoms with Crippen molar-refractivity contribution in [2.45, 2.75) is 26.7 Å². The van der Waals surface area contributed by atoms with Crippen LogP contribution in [0.2, 0.25) is 0 Å². The number of ether oxygens (including phenoxy) is 1. The van der Waals surface area contributed by atoms with E-state index in [0.29, 0.717) is 5.92 Å². The molecule has 0 aromatic rings. The van der Waals surface area contributed by atoms with E-state index < -0.39 is 0 Å². The molecule has 0 bridgehead atoms. The molecule has 11 heavy (non-hydrogen) atoms. The van der Waals surface area contributed by atoms with Crippen molar-refractivity contribution in [2.24, 2.45) is 11.7 Å². The summed E-state index contributed by atoms with van der Waals surface area (Å²) in [5, 5.41) is 0. The summed E-state index contributed by atoms with van der Waals surface area (Å²) >= 11 is 0. The van der Waals surface area contributed by atoms with Crippen LogP contribution in [0.1, 0.15) is 26.7 Å². The Kier molecular flexibility index (Phi) is 5.94. The van der Waals surface area contributed by atoms with Gasteiger partial charge in [0.05, 0.1) is 13.4 Å². The summed E-state index contributed by atoms with van der Waals surface area (Å²) in [6, 6.07) is 0. The van der Waals surface area contributed by atoms with Gasteiger partial charge < -0.3 is 10.5 Å². The van der Waals surface area contributed by atoms with Crippen molar-refractivity contribution < 1.29 is 4.74 Å². The highest BCUT2D eigenvalue weighted by Crippen LogP contribution is 2.14. The van der Waals surface area contributed by atoms with Gasteiger partial charge in [0, 0.05) is 0 Å². The van der Waals surface area contributed by atoms with Gasteiger partial charge in [0.25, 0.3) is 0 Å². The van der Waals surface area contributed by atoms with E-state index >= 15 is 0 Å². The Balaban J connectivity index is 3.90. The van der Waals surface area contributed by atoms with Gasteiger partial charge in [-0.05, 0) is 31.4 Å². The average Bonchev–Trinajstić information content (AvgIpc) is 2.00. The van der Waals surface area contributed by atoms with Crippen molar-refractivity contribution in [3.63, 3.8) is 0 Å². The van der Waals surface area contributed by atoms with E-state index in [9.17, 15) is 0 Å². The lowest BCUT2D eigenvalue weighted by molar-refractivity contribution is 0.327. The second kappa shape index (κ2) is 6.23. The quantitative estimate of drug-likeness (QED) is 0.619. The van der Waals surface area contributed by atoms with Crippen LogP contribution < -0.4 is 5.73 Å². The topological polar surface area (TPSA) is 35.2 Å². The maximum Gasteiger partial charge on any atom is 0.0817 e. The van der Waals surface area contributed by atoms with E-state index in [2.05, 4.69) is 13.8 Å². The Morgan fingerprint density at radius 1 is 1.64 bits per heavy atom. The summed E-state index contributed by atoms with van der Waals surface area (Å²) in [6.45, 7) is 4.96. The van der Waals surface area contributed by atoms with Crippen LogP contribution in [0.3, 0.4) is 0 Å². The van der Waals surface area contributed by atoms with E-state index in [4.69, 9.17) is 10.5 Å². The Morgan fingerprint density at radius 2 is 2.27 bits per heavy atom. The molecular weight excluding hydrogens is 138 g/mol. The molecule has 0 saturated carbocycles. The molecule has 1 unspecified atom stereocenters. The van der Waals surface area contributed by atoms with Crippen molar-refractivity contribution in [3.8, 4) is 0 Å². The van der Waals surface area contributed by atoms with Crippen molar-refractivity contribution in [3.05, 3.63) is 11.8 Å². The molecule has 2 N–H and O–H groups in total. The molecule has 1 atom stereocenters. The largest absolute Gasteiger partial charge is 0.504 e. The molecule has 0 aliphatic carbocycles. The van der Waals surface area contributed by atoms with Gasteiger partial charge >= 0.3 is 0 Å². The van der Waals surface area contributed by atoms with Crippen molar-refractivity contribution >= 4 is 0 Å². The molecular formula is C9H19NO. The van der Waals surface area contributed by atoms with Gasteiger partial charge in [0.15, 0.2) is 0 Å². The third kappa shape index (κ3) is 4.04. The van der Waals surface area contributed by atoms with Crippen molar-refractivity contribution in [1.29, 1.82) is 0 Å². The van der Waals surface area contributed by atoms with E-state index in [1.165, 1.54) is 12.0 Å². The predicted molar refractivity (Wildman–Crippen MR) is 48.2 cm³/mol. The average molecular weight is 157 g/mol. The van der Waals surface area contributed by atoms with Gasteiger partial charge in [-0.3, -0.25) is 0 Å². The maximum absolute atomic E-state index is 5.59. The van der Waals surface area contributed by atoms with E-state index in [1.807, 2.05) is 0 Å². The highest BCUT2D eigenvalue weighted by molar-refractivity contribution is 4.99. The summed E-state index contributed by atoms with van der Waals surface area (Å²) in [6.07, 6.45) is 4.12. The Morgan fingerprint density at radius 3 is 2.64 bits per heavy atom. The summed E-state index contributed by atoms with van der Waals surface area (Å²) in [4.78, 5) is 0. The third-order valence-electron chi connectivity index (χ3n) is 1.87. The molecule has 0 spiro atoms. The van der Waals surface area contributed by atoms with Gasteiger partial charge in [-0.1, -0.05) is 13.3 Å². The van der Waals surface area contributed by atoms with Crippen molar-refractivity contribution in [2.75, 3.05) is 13.7 Å². The highest BCUT2D eigenvalue weighted by atomic mass is 16.5. The van der Waals surface area contributed by atoms with E-state index in [-0.39, 0.29) is 0 Å². The van der Waals surface area contributed by atoms with Gasteiger partial charge in [0.1, 0.15) is 0 Å². The monoisotopic (exact) mass is 157 g/mol. The van der Waals surface area contributed by atoms with Gasteiger partial charge in [-0.25, -0.2) is 0 Å². The third-order valence-corrected chi connectivity index (χ3v) is 1.87. The lowest BCUT2D eigenvalue weighted by Gasteiger charge is -2.13.